The Labute approximate surface area is 255 Å². The van der Waals surface area contributed by atoms with Crippen LogP contribution in [0.2, 0.25) is 5.02 Å². The van der Waals surface area contributed by atoms with Gasteiger partial charge in [0.15, 0.2) is 5.78 Å². The third-order valence-electron chi connectivity index (χ3n) is 8.75. The lowest BCUT2D eigenvalue weighted by Gasteiger charge is -2.34. The van der Waals surface area contributed by atoms with Crippen molar-refractivity contribution < 1.29 is 23.5 Å². The van der Waals surface area contributed by atoms with E-state index >= 15 is 0 Å². The first-order valence-electron chi connectivity index (χ1n) is 14.8. The summed E-state index contributed by atoms with van der Waals surface area (Å²) in [6.07, 6.45) is 4.25. The lowest BCUT2D eigenvalue weighted by Crippen LogP contribution is -2.48. The fourth-order valence-corrected chi connectivity index (χ4v) is 6.37. The smallest absolute Gasteiger partial charge is 0.410 e. The lowest BCUT2D eigenvalue weighted by atomic mass is 9.93. The number of pyridine rings is 1. The molecule has 1 aliphatic carbocycles. The fourth-order valence-electron chi connectivity index (χ4n) is 6.25. The van der Waals surface area contributed by atoms with Crippen LogP contribution in [0.25, 0.3) is 0 Å². The molecule has 2 saturated heterocycles. The number of Topliss-reactive ketones (excluding diaryl/α,β-unsaturated/α-hetero) is 1. The van der Waals surface area contributed by atoms with E-state index in [2.05, 4.69) is 9.88 Å². The number of amides is 2. The van der Waals surface area contributed by atoms with Crippen LogP contribution in [0.5, 0.6) is 5.75 Å². The summed E-state index contributed by atoms with van der Waals surface area (Å²) < 4.78 is 19.1. The number of ketones is 1. The molecular weight excluding hydrogens is 571 g/mol. The SMILES string of the molecule is CC(=O)c1ccc(N2CCC(C(=O)N3CC(c4ccc(Cl)cc4)[C@H](N(C(=O)Oc4ccc(F)cc4)C4CC4)C3)CC2)nc1. The molecule has 2 atom stereocenters. The molecule has 0 radical (unpaired) electrons. The number of hydrogen-bond donors (Lipinski definition) is 0. The van der Waals surface area contributed by atoms with E-state index in [1.54, 1.807) is 17.2 Å². The Hall–Kier alpha value is -3.98. The number of likely N-dealkylation sites (tertiary alicyclic amines) is 1. The maximum Gasteiger partial charge on any atom is 0.415 e. The molecule has 3 aromatic rings. The van der Waals surface area contributed by atoms with Gasteiger partial charge in [0.1, 0.15) is 17.4 Å². The van der Waals surface area contributed by atoms with Crippen molar-refractivity contribution in [3.63, 3.8) is 0 Å². The molecule has 224 valence electrons. The number of hydrogen-bond acceptors (Lipinski definition) is 6. The van der Waals surface area contributed by atoms with Crippen molar-refractivity contribution >= 4 is 35.2 Å². The first kappa shape index (κ1) is 29.1. The van der Waals surface area contributed by atoms with Crippen LogP contribution in [0.1, 0.15) is 54.4 Å². The minimum atomic E-state index is -0.482. The minimum Gasteiger partial charge on any atom is -0.410 e. The average molecular weight is 605 g/mol. The van der Waals surface area contributed by atoms with Crippen molar-refractivity contribution in [1.29, 1.82) is 0 Å². The van der Waals surface area contributed by atoms with Crippen LogP contribution in [0.15, 0.2) is 66.9 Å². The standard InChI is InChI=1S/C33H34ClFN4O4/c1-21(40)24-4-13-31(36-18-24)37-16-14-23(15-17-37)32(41)38-19-29(22-2-5-25(34)6-3-22)30(20-38)39(27-9-10-27)33(42)43-28-11-7-26(35)8-12-28/h2-8,11-13,18,23,27,29-30H,9-10,14-17,19-20H2,1H3/t29?,30-/m1/s1. The number of benzene rings is 2. The number of rotatable bonds is 7. The Balaban J connectivity index is 1.17. The highest BCUT2D eigenvalue weighted by Gasteiger charge is 2.48. The van der Waals surface area contributed by atoms with Gasteiger partial charge in [-0.05, 0) is 86.7 Å². The van der Waals surface area contributed by atoms with Crippen LogP contribution in [-0.2, 0) is 4.79 Å². The molecule has 6 rings (SSSR count). The maximum atomic E-state index is 13.9. The third-order valence-corrected chi connectivity index (χ3v) is 9.00. The summed E-state index contributed by atoms with van der Waals surface area (Å²) in [6, 6.07) is 16.4. The summed E-state index contributed by atoms with van der Waals surface area (Å²) >= 11 is 6.19. The second kappa shape index (κ2) is 12.3. The Bertz CT molecular complexity index is 1470. The molecule has 3 heterocycles. The van der Waals surface area contributed by atoms with Gasteiger partial charge < -0.3 is 14.5 Å². The van der Waals surface area contributed by atoms with Crippen LogP contribution in [0.4, 0.5) is 15.0 Å². The van der Waals surface area contributed by atoms with Gasteiger partial charge in [-0.15, -0.1) is 0 Å². The van der Waals surface area contributed by atoms with Gasteiger partial charge >= 0.3 is 6.09 Å². The van der Waals surface area contributed by atoms with Crippen molar-refractivity contribution in [3.05, 3.63) is 88.8 Å². The molecule has 3 aliphatic rings. The quantitative estimate of drug-likeness (QED) is 0.310. The largest absolute Gasteiger partial charge is 0.415 e. The highest BCUT2D eigenvalue weighted by molar-refractivity contribution is 6.30. The zero-order chi connectivity index (χ0) is 30.1. The number of halogens is 2. The summed E-state index contributed by atoms with van der Waals surface area (Å²) in [7, 11) is 0. The third kappa shape index (κ3) is 6.51. The molecule has 0 spiro atoms. The van der Waals surface area contributed by atoms with E-state index in [9.17, 15) is 18.8 Å². The van der Waals surface area contributed by atoms with E-state index in [-0.39, 0.29) is 41.4 Å². The molecule has 2 amide bonds. The zero-order valence-corrected chi connectivity index (χ0v) is 24.8. The highest BCUT2D eigenvalue weighted by Crippen LogP contribution is 2.39. The van der Waals surface area contributed by atoms with Gasteiger partial charge in [0.25, 0.3) is 0 Å². The minimum absolute atomic E-state index is 0.0202. The summed E-state index contributed by atoms with van der Waals surface area (Å²) in [6.45, 7) is 3.81. The van der Waals surface area contributed by atoms with E-state index in [1.807, 2.05) is 35.2 Å². The Morgan fingerprint density at radius 2 is 1.63 bits per heavy atom. The first-order chi connectivity index (χ1) is 20.8. The zero-order valence-electron chi connectivity index (χ0n) is 24.0. The van der Waals surface area contributed by atoms with Gasteiger partial charge in [-0.3, -0.25) is 14.5 Å². The van der Waals surface area contributed by atoms with Gasteiger partial charge in [-0.1, -0.05) is 23.7 Å². The monoisotopic (exact) mass is 604 g/mol. The first-order valence-corrected chi connectivity index (χ1v) is 15.2. The average Bonchev–Trinajstić information content (AvgIpc) is 3.76. The number of nitrogens with zero attached hydrogens (tertiary/aromatic N) is 4. The van der Waals surface area contributed by atoms with Gasteiger partial charge in [0.2, 0.25) is 5.91 Å². The maximum absolute atomic E-state index is 13.9. The van der Waals surface area contributed by atoms with Gasteiger partial charge in [0.05, 0.1) is 6.04 Å². The van der Waals surface area contributed by atoms with E-state index < -0.39 is 11.9 Å². The van der Waals surface area contributed by atoms with E-state index in [0.29, 0.717) is 49.6 Å². The summed E-state index contributed by atoms with van der Waals surface area (Å²) in [5.74, 6) is 0.531. The van der Waals surface area contributed by atoms with Crippen LogP contribution >= 0.6 is 11.6 Å². The van der Waals surface area contributed by atoms with E-state index in [4.69, 9.17) is 16.3 Å². The molecule has 43 heavy (non-hydrogen) atoms. The Morgan fingerprint density at radius 1 is 0.930 bits per heavy atom. The molecule has 1 unspecified atom stereocenters. The van der Waals surface area contributed by atoms with E-state index in [1.165, 1.54) is 31.2 Å². The highest BCUT2D eigenvalue weighted by atomic mass is 35.5. The molecular formula is C33H34ClFN4O4. The summed E-state index contributed by atoms with van der Waals surface area (Å²) in [5, 5.41) is 0.623. The number of aromatic nitrogens is 1. The van der Waals surface area contributed by atoms with Gasteiger partial charge in [-0.25, -0.2) is 14.2 Å². The second-order valence-electron chi connectivity index (χ2n) is 11.7. The van der Waals surface area contributed by atoms with Crippen molar-refractivity contribution in [2.75, 3.05) is 31.1 Å². The van der Waals surface area contributed by atoms with Gasteiger partial charge in [-0.2, -0.15) is 0 Å². The molecule has 0 N–H and O–H groups in total. The van der Waals surface area contributed by atoms with Crippen LogP contribution in [0.3, 0.4) is 0 Å². The van der Waals surface area contributed by atoms with Crippen LogP contribution in [0, 0.1) is 11.7 Å². The molecule has 1 aromatic heterocycles. The molecule has 2 aromatic carbocycles. The predicted molar refractivity (Wildman–Crippen MR) is 161 cm³/mol. The summed E-state index contributed by atoms with van der Waals surface area (Å²) in [4.78, 5) is 49.4. The summed E-state index contributed by atoms with van der Waals surface area (Å²) in [5.41, 5.74) is 1.59. The number of anilines is 1. The Kier molecular flexibility index (Phi) is 8.34. The van der Waals surface area contributed by atoms with Crippen molar-refractivity contribution in [2.24, 2.45) is 5.92 Å². The van der Waals surface area contributed by atoms with Crippen LogP contribution in [-0.4, -0.2) is 70.8 Å². The molecule has 0 bridgehead atoms. The van der Waals surface area contributed by atoms with Crippen LogP contribution < -0.4 is 9.64 Å². The number of carbonyl (C=O) groups excluding carboxylic acids is 3. The molecule has 3 fully saturated rings. The van der Waals surface area contributed by atoms with Crippen molar-refractivity contribution in [1.82, 2.24) is 14.8 Å². The number of carbonyl (C=O) groups is 3. The van der Waals surface area contributed by atoms with Crippen molar-refractivity contribution in [2.45, 2.75) is 50.6 Å². The molecule has 10 heteroatoms. The number of ether oxygens (including phenoxy) is 1. The van der Waals surface area contributed by atoms with Crippen molar-refractivity contribution in [3.8, 4) is 5.75 Å². The predicted octanol–water partition coefficient (Wildman–Crippen LogP) is 5.95. The second-order valence-corrected chi connectivity index (χ2v) is 12.1. The Morgan fingerprint density at radius 3 is 2.23 bits per heavy atom. The lowest BCUT2D eigenvalue weighted by molar-refractivity contribution is -0.135. The molecule has 8 nitrogen and oxygen atoms in total. The molecule has 1 saturated carbocycles. The van der Waals surface area contributed by atoms with E-state index in [0.717, 1.165) is 24.2 Å². The molecule has 2 aliphatic heterocycles. The van der Waals surface area contributed by atoms with Gasteiger partial charge in [0, 0.05) is 60.8 Å². The number of piperidine rings is 1. The fraction of sp³-hybridized carbons (Fsp3) is 0.394. The topological polar surface area (TPSA) is 83.1 Å². The normalized spacial score (nSPS) is 20.6.